The molecule has 1 atom stereocenters. The van der Waals surface area contributed by atoms with Crippen molar-refractivity contribution in [1.29, 1.82) is 0 Å². The summed E-state index contributed by atoms with van der Waals surface area (Å²) < 4.78 is 28.4. The molecule has 26 heavy (non-hydrogen) atoms. The molecule has 1 amide bonds. The average Bonchev–Trinajstić information content (AvgIpc) is 3.07. The van der Waals surface area contributed by atoms with Crippen LogP contribution in [-0.4, -0.2) is 55.0 Å². The molecule has 0 aliphatic carbocycles. The molecule has 1 unspecified atom stereocenters. The van der Waals surface area contributed by atoms with Crippen molar-refractivity contribution in [1.82, 2.24) is 24.5 Å². The second-order valence-electron chi connectivity index (χ2n) is 6.14. The highest BCUT2D eigenvalue weighted by Gasteiger charge is 2.31. The molecular formula is C17H23N5O3S. The predicted octanol–water partition coefficient (Wildman–Crippen LogP) is 0.505. The summed E-state index contributed by atoms with van der Waals surface area (Å²) in [4.78, 5) is 19.3. The maximum atomic E-state index is 13.0. The fourth-order valence-corrected chi connectivity index (χ4v) is 4.13. The van der Waals surface area contributed by atoms with E-state index in [9.17, 15) is 13.2 Å². The summed E-state index contributed by atoms with van der Waals surface area (Å²) in [5.41, 5.74) is 0.460. The summed E-state index contributed by atoms with van der Waals surface area (Å²) >= 11 is 0. The quantitative estimate of drug-likeness (QED) is 0.791. The highest BCUT2D eigenvalue weighted by Crippen LogP contribution is 2.23. The first-order valence-corrected chi connectivity index (χ1v) is 10.0. The van der Waals surface area contributed by atoms with E-state index in [-0.39, 0.29) is 16.8 Å². The van der Waals surface area contributed by atoms with Gasteiger partial charge in [-0.05, 0) is 24.3 Å². The number of nitrogens with one attached hydrogen (secondary N) is 2. The Bertz CT molecular complexity index is 876. The van der Waals surface area contributed by atoms with E-state index in [4.69, 9.17) is 0 Å². The molecule has 0 saturated carbocycles. The van der Waals surface area contributed by atoms with Gasteiger partial charge in [-0.2, -0.15) is 0 Å². The molecule has 3 rings (SSSR count). The van der Waals surface area contributed by atoms with Gasteiger partial charge < -0.3 is 14.8 Å². The van der Waals surface area contributed by atoms with Crippen molar-refractivity contribution < 1.29 is 13.2 Å². The van der Waals surface area contributed by atoms with Crippen molar-refractivity contribution in [3.63, 3.8) is 0 Å². The van der Waals surface area contributed by atoms with Crippen LogP contribution in [0.1, 0.15) is 29.1 Å². The molecule has 0 radical (unpaired) electrons. The number of rotatable bonds is 5. The third kappa shape index (κ3) is 3.64. The van der Waals surface area contributed by atoms with E-state index in [2.05, 4.69) is 15.0 Å². The number of benzene rings is 1. The van der Waals surface area contributed by atoms with Crippen molar-refractivity contribution in [2.45, 2.75) is 17.9 Å². The fraction of sp³-hybridized carbons (Fsp3) is 0.412. The largest absolute Gasteiger partial charge is 0.336 e. The lowest BCUT2D eigenvalue weighted by atomic mass is 10.1. The van der Waals surface area contributed by atoms with E-state index in [1.54, 1.807) is 30.2 Å². The number of carbonyl (C=O) groups is 1. The molecule has 1 aliphatic heterocycles. The van der Waals surface area contributed by atoms with Crippen LogP contribution in [0.5, 0.6) is 0 Å². The van der Waals surface area contributed by atoms with Crippen LogP contribution in [0.15, 0.2) is 41.6 Å². The monoisotopic (exact) mass is 377 g/mol. The summed E-state index contributed by atoms with van der Waals surface area (Å²) in [5.74, 6) is 0.684. The van der Waals surface area contributed by atoms with E-state index in [1.165, 1.54) is 12.1 Å². The van der Waals surface area contributed by atoms with Crippen LogP contribution in [0.4, 0.5) is 0 Å². The van der Waals surface area contributed by atoms with Gasteiger partial charge in [0.25, 0.3) is 5.91 Å². The zero-order valence-electron chi connectivity index (χ0n) is 14.8. The first-order valence-electron chi connectivity index (χ1n) is 8.52. The molecule has 1 aromatic carbocycles. The fourth-order valence-electron chi connectivity index (χ4n) is 3.09. The highest BCUT2D eigenvalue weighted by molar-refractivity contribution is 7.89. The number of aromatic nitrogens is 2. The van der Waals surface area contributed by atoms with Gasteiger partial charge in [0.05, 0.1) is 4.90 Å². The van der Waals surface area contributed by atoms with Crippen molar-refractivity contribution >= 4 is 15.9 Å². The number of hydrogen-bond acceptors (Lipinski definition) is 5. The van der Waals surface area contributed by atoms with Crippen molar-refractivity contribution in [2.24, 2.45) is 7.05 Å². The maximum Gasteiger partial charge on any atom is 0.254 e. The topological polar surface area (TPSA) is 96.3 Å². The lowest BCUT2D eigenvalue weighted by molar-refractivity contribution is 0.0621. The van der Waals surface area contributed by atoms with E-state index < -0.39 is 10.0 Å². The minimum atomic E-state index is -3.53. The first kappa shape index (κ1) is 18.6. The lowest BCUT2D eigenvalue weighted by Crippen LogP contribution is -2.49. The van der Waals surface area contributed by atoms with Gasteiger partial charge in [0.2, 0.25) is 10.0 Å². The van der Waals surface area contributed by atoms with Crippen LogP contribution >= 0.6 is 0 Å². The van der Waals surface area contributed by atoms with Gasteiger partial charge in [0, 0.05) is 51.2 Å². The van der Waals surface area contributed by atoms with Gasteiger partial charge in [-0.1, -0.05) is 6.92 Å². The predicted molar refractivity (Wildman–Crippen MR) is 97.2 cm³/mol. The molecule has 140 valence electrons. The van der Waals surface area contributed by atoms with Gasteiger partial charge in [-0.25, -0.2) is 18.1 Å². The van der Waals surface area contributed by atoms with Crippen LogP contribution < -0.4 is 10.0 Å². The van der Waals surface area contributed by atoms with Gasteiger partial charge in [0.1, 0.15) is 11.9 Å². The Morgan fingerprint density at radius 3 is 2.69 bits per heavy atom. The number of amides is 1. The number of carbonyl (C=O) groups excluding carboxylic acids is 1. The third-order valence-electron chi connectivity index (χ3n) is 4.41. The lowest BCUT2D eigenvalue weighted by Gasteiger charge is -2.35. The van der Waals surface area contributed by atoms with Crippen LogP contribution in [0, 0.1) is 0 Å². The number of aryl methyl sites for hydroxylation is 1. The Hall–Kier alpha value is -2.23. The number of nitrogens with zero attached hydrogens (tertiary/aromatic N) is 3. The van der Waals surface area contributed by atoms with Gasteiger partial charge in [-0.15, -0.1) is 0 Å². The summed E-state index contributed by atoms with van der Waals surface area (Å²) in [7, 11) is -1.62. The van der Waals surface area contributed by atoms with E-state index in [0.717, 1.165) is 5.82 Å². The number of piperazine rings is 1. The van der Waals surface area contributed by atoms with Gasteiger partial charge in [0.15, 0.2) is 0 Å². The van der Waals surface area contributed by atoms with Crippen molar-refractivity contribution in [3.8, 4) is 0 Å². The first-order chi connectivity index (χ1) is 12.4. The van der Waals surface area contributed by atoms with Crippen LogP contribution in [-0.2, 0) is 17.1 Å². The third-order valence-corrected chi connectivity index (χ3v) is 5.97. The number of sulfonamides is 1. The smallest absolute Gasteiger partial charge is 0.254 e. The average molecular weight is 377 g/mol. The molecule has 1 saturated heterocycles. The molecule has 0 spiro atoms. The highest BCUT2D eigenvalue weighted by atomic mass is 32.2. The number of imidazole rings is 1. The normalized spacial score (nSPS) is 18.1. The molecule has 2 aromatic rings. The van der Waals surface area contributed by atoms with E-state index in [0.29, 0.717) is 31.7 Å². The Morgan fingerprint density at radius 1 is 1.35 bits per heavy atom. The Labute approximate surface area is 153 Å². The van der Waals surface area contributed by atoms with Crippen LogP contribution in [0.25, 0.3) is 0 Å². The molecule has 9 heteroatoms. The Morgan fingerprint density at radius 2 is 2.08 bits per heavy atom. The van der Waals surface area contributed by atoms with E-state index in [1.807, 2.05) is 17.8 Å². The van der Waals surface area contributed by atoms with Crippen molar-refractivity contribution in [2.75, 3.05) is 26.2 Å². The second-order valence-corrected chi connectivity index (χ2v) is 7.91. The van der Waals surface area contributed by atoms with Crippen LogP contribution in [0.2, 0.25) is 0 Å². The Kier molecular flexibility index (Phi) is 5.40. The molecule has 1 aliphatic rings. The minimum Gasteiger partial charge on any atom is -0.336 e. The molecule has 2 heterocycles. The molecule has 1 aromatic heterocycles. The molecule has 0 bridgehead atoms. The summed E-state index contributed by atoms with van der Waals surface area (Å²) in [6.45, 7) is 3.93. The standard InChI is InChI=1S/C17H23N5O3S/c1-3-20-26(24,25)14-6-4-13(5-7-14)17(23)22-11-8-18-12-15(22)16-19-9-10-21(16)2/h4-7,9-10,15,18,20H,3,8,11-12H2,1-2H3. The second kappa shape index (κ2) is 7.56. The van der Waals surface area contributed by atoms with Gasteiger partial charge in [-0.3, -0.25) is 4.79 Å². The maximum absolute atomic E-state index is 13.0. The van der Waals surface area contributed by atoms with Crippen molar-refractivity contribution in [3.05, 3.63) is 48.0 Å². The SMILES string of the molecule is CCNS(=O)(=O)c1ccc(C(=O)N2CCNCC2c2nccn2C)cc1. The molecule has 2 N–H and O–H groups in total. The summed E-state index contributed by atoms with van der Waals surface area (Å²) in [6.07, 6.45) is 3.57. The Balaban J connectivity index is 1.84. The zero-order valence-corrected chi connectivity index (χ0v) is 15.7. The summed E-state index contributed by atoms with van der Waals surface area (Å²) in [5, 5.41) is 3.29. The summed E-state index contributed by atoms with van der Waals surface area (Å²) in [6, 6.07) is 5.88. The number of hydrogen-bond donors (Lipinski definition) is 2. The molecule has 8 nitrogen and oxygen atoms in total. The van der Waals surface area contributed by atoms with E-state index >= 15 is 0 Å². The molecular weight excluding hydrogens is 354 g/mol. The van der Waals surface area contributed by atoms with Crippen LogP contribution in [0.3, 0.4) is 0 Å². The zero-order chi connectivity index (χ0) is 18.7. The molecule has 1 fully saturated rings. The van der Waals surface area contributed by atoms with Gasteiger partial charge >= 0.3 is 0 Å². The minimum absolute atomic E-state index is 0.133.